The normalized spacial score (nSPS) is 9.71. The van der Waals surface area contributed by atoms with Crippen LogP contribution in [0.25, 0.3) is 10.9 Å². The van der Waals surface area contributed by atoms with Gasteiger partial charge in [-0.2, -0.15) is 41.0 Å². The number of nitrogens with one attached hydrogen (secondary N) is 1. The third-order valence-corrected chi connectivity index (χ3v) is 3.21. The summed E-state index contributed by atoms with van der Waals surface area (Å²) < 4.78 is 0. The molecule has 0 aliphatic heterocycles. The van der Waals surface area contributed by atoms with E-state index in [1.807, 2.05) is 48.5 Å². The number of aromatic nitrogens is 2. The van der Waals surface area contributed by atoms with Gasteiger partial charge in [0.25, 0.3) is 0 Å². The van der Waals surface area contributed by atoms with Gasteiger partial charge in [0.1, 0.15) is 0 Å². The summed E-state index contributed by atoms with van der Waals surface area (Å²) in [6, 6.07) is 26.6. The van der Waals surface area contributed by atoms with Crippen LogP contribution in [0.15, 0.2) is 78.9 Å². The zero-order valence-electron chi connectivity index (χ0n) is 11.5. The summed E-state index contributed by atoms with van der Waals surface area (Å²) in [5.74, 6) is 0. The predicted molar refractivity (Wildman–Crippen MR) is 83.0 cm³/mol. The zero-order chi connectivity index (χ0) is 13.6. The van der Waals surface area contributed by atoms with Crippen LogP contribution in [-0.4, -0.2) is 10.2 Å². The first kappa shape index (κ1) is 15.3. The number of rotatable bonds is 2. The van der Waals surface area contributed by atoms with E-state index >= 15 is 0 Å². The van der Waals surface area contributed by atoms with E-state index in [1.54, 1.807) is 0 Å². The molecule has 106 valence electrons. The number of para-hydroxylation sites is 1. The second-order valence-corrected chi connectivity index (χ2v) is 4.65. The molecule has 3 aromatic carbocycles. The Bertz CT molecular complexity index is 719. The average Bonchev–Trinajstić information content (AvgIpc) is 3.24. The fourth-order valence-corrected chi connectivity index (χ4v) is 2.21. The molecule has 0 saturated carbocycles. The topological polar surface area (TPSA) is 28.7 Å². The molecule has 1 aromatic heterocycles. The summed E-state index contributed by atoms with van der Waals surface area (Å²) in [6.45, 7) is 0. The van der Waals surface area contributed by atoms with Gasteiger partial charge in [-0.15, -0.1) is 0 Å². The SMILES string of the molecule is [Fe+2].c1cc[cH-]c1.c1ccc2c(C[c-]3cccc3)[nH]nc2c1. The Morgan fingerprint density at radius 1 is 0.952 bits per heavy atom. The van der Waals surface area contributed by atoms with Crippen molar-refractivity contribution in [2.45, 2.75) is 6.42 Å². The number of fused-ring (bicyclic) bond motifs is 1. The van der Waals surface area contributed by atoms with Crippen molar-refractivity contribution in [2.75, 3.05) is 0 Å². The van der Waals surface area contributed by atoms with Gasteiger partial charge in [0.15, 0.2) is 0 Å². The van der Waals surface area contributed by atoms with Crippen LogP contribution < -0.4 is 0 Å². The molecule has 0 saturated heterocycles. The van der Waals surface area contributed by atoms with Gasteiger partial charge in [-0.3, -0.25) is 5.10 Å². The number of hydrogen-bond acceptors (Lipinski definition) is 1. The standard InChI is InChI=1S/C13H11N2.C5H5.Fe/c1-2-6-10(5-1)9-13-11-7-3-4-8-12(11)14-15-13;1-2-4-5-3-1;/h1-8H,9H2,(H,14,15);1-5H;/q2*-1;+2. The van der Waals surface area contributed by atoms with Gasteiger partial charge in [0.2, 0.25) is 0 Å². The molecule has 2 nitrogen and oxygen atoms in total. The first-order valence-corrected chi connectivity index (χ1v) is 6.73. The first-order valence-electron chi connectivity index (χ1n) is 6.73. The molecular formula is C18H16FeN2. The summed E-state index contributed by atoms with van der Waals surface area (Å²) in [7, 11) is 0. The first-order chi connectivity index (χ1) is 9.93. The monoisotopic (exact) mass is 316 g/mol. The Hall–Kier alpha value is -2.09. The molecule has 1 heterocycles. The zero-order valence-corrected chi connectivity index (χ0v) is 12.6. The van der Waals surface area contributed by atoms with E-state index in [9.17, 15) is 0 Å². The molecule has 3 heteroatoms. The van der Waals surface area contributed by atoms with E-state index in [0.717, 1.165) is 11.9 Å². The van der Waals surface area contributed by atoms with Gasteiger partial charge in [-0.25, -0.2) is 24.3 Å². The van der Waals surface area contributed by atoms with E-state index in [1.165, 1.54) is 16.6 Å². The third kappa shape index (κ3) is 3.94. The van der Waals surface area contributed by atoms with Gasteiger partial charge in [-0.1, -0.05) is 18.2 Å². The van der Waals surface area contributed by atoms with Crippen LogP contribution in [0.5, 0.6) is 0 Å². The molecular weight excluding hydrogens is 300 g/mol. The van der Waals surface area contributed by atoms with Crippen molar-refractivity contribution in [3.8, 4) is 0 Å². The number of aromatic amines is 1. The fourth-order valence-electron chi connectivity index (χ4n) is 2.21. The van der Waals surface area contributed by atoms with E-state index < -0.39 is 0 Å². The van der Waals surface area contributed by atoms with Crippen LogP contribution in [-0.2, 0) is 23.5 Å². The van der Waals surface area contributed by atoms with Gasteiger partial charge >= 0.3 is 17.1 Å². The van der Waals surface area contributed by atoms with Crippen LogP contribution in [0, 0.1) is 0 Å². The van der Waals surface area contributed by atoms with Gasteiger partial charge in [0.05, 0.1) is 5.52 Å². The van der Waals surface area contributed by atoms with Crippen molar-refractivity contribution in [3.63, 3.8) is 0 Å². The smallest absolute Gasteiger partial charge is 0.282 e. The summed E-state index contributed by atoms with van der Waals surface area (Å²) >= 11 is 0. The van der Waals surface area contributed by atoms with Crippen molar-refractivity contribution in [1.82, 2.24) is 10.2 Å². The maximum absolute atomic E-state index is 4.27. The molecule has 0 aliphatic rings. The molecule has 0 unspecified atom stereocenters. The average molecular weight is 316 g/mol. The van der Waals surface area contributed by atoms with Crippen molar-refractivity contribution in [2.24, 2.45) is 0 Å². The maximum Gasteiger partial charge on any atom is 2.00 e. The molecule has 0 fully saturated rings. The Kier molecular flexibility index (Phi) is 5.56. The molecule has 0 aliphatic carbocycles. The maximum atomic E-state index is 4.27. The number of nitrogens with zero attached hydrogens (tertiary/aromatic N) is 1. The quantitative estimate of drug-likeness (QED) is 0.434. The van der Waals surface area contributed by atoms with Gasteiger partial charge in [-0.05, 0) is 12.5 Å². The van der Waals surface area contributed by atoms with E-state index in [0.29, 0.717) is 0 Å². The minimum Gasteiger partial charge on any atom is -0.282 e. The largest absolute Gasteiger partial charge is 2.00 e. The number of hydrogen-bond donors (Lipinski definition) is 1. The molecule has 4 rings (SSSR count). The number of H-pyrrole nitrogens is 1. The fraction of sp³-hybridized carbons (Fsp3) is 0.0556. The van der Waals surface area contributed by atoms with Crippen LogP contribution in [0.2, 0.25) is 0 Å². The van der Waals surface area contributed by atoms with Gasteiger partial charge in [0, 0.05) is 11.1 Å². The second-order valence-electron chi connectivity index (χ2n) is 4.65. The molecule has 1 N–H and O–H groups in total. The summed E-state index contributed by atoms with van der Waals surface area (Å²) in [4.78, 5) is 0. The van der Waals surface area contributed by atoms with Crippen molar-refractivity contribution in [1.29, 1.82) is 0 Å². The Balaban J connectivity index is 0.000000231. The molecule has 21 heavy (non-hydrogen) atoms. The molecule has 0 amide bonds. The van der Waals surface area contributed by atoms with Crippen LogP contribution in [0.1, 0.15) is 11.3 Å². The minimum absolute atomic E-state index is 0. The van der Waals surface area contributed by atoms with E-state index in [-0.39, 0.29) is 17.1 Å². The summed E-state index contributed by atoms with van der Waals surface area (Å²) in [6.07, 6.45) is 0.924. The predicted octanol–water partition coefficient (Wildman–Crippen LogP) is 4.28. The van der Waals surface area contributed by atoms with Crippen molar-refractivity contribution in [3.05, 3.63) is 90.1 Å². The summed E-state index contributed by atoms with van der Waals surface area (Å²) in [5, 5.41) is 8.60. The Morgan fingerprint density at radius 3 is 2.33 bits per heavy atom. The Morgan fingerprint density at radius 2 is 1.67 bits per heavy atom. The van der Waals surface area contributed by atoms with Crippen molar-refractivity contribution >= 4 is 10.9 Å². The van der Waals surface area contributed by atoms with E-state index in [4.69, 9.17) is 0 Å². The molecule has 0 spiro atoms. The number of benzene rings is 1. The summed E-state index contributed by atoms with van der Waals surface area (Å²) in [5.41, 5.74) is 3.56. The Labute approximate surface area is 135 Å². The molecule has 0 atom stereocenters. The van der Waals surface area contributed by atoms with Crippen molar-refractivity contribution < 1.29 is 17.1 Å². The molecule has 0 radical (unpaired) electrons. The molecule has 4 aromatic rings. The molecule has 0 bridgehead atoms. The van der Waals surface area contributed by atoms with Crippen LogP contribution >= 0.6 is 0 Å². The second kappa shape index (κ2) is 7.63. The third-order valence-electron chi connectivity index (χ3n) is 3.21. The van der Waals surface area contributed by atoms with E-state index in [2.05, 4.69) is 40.5 Å². The van der Waals surface area contributed by atoms with Gasteiger partial charge < -0.3 is 0 Å². The van der Waals surface area contributed by atoms with Crippen LogP contribution in [0.3, 0.4) is 0 Å². The van der Waals surface area contributed by atoms with Crippen LogP contribution in [0.4, 0.5) is 0 Å². The minimum atomic E-state index is 0.